The Kier molecular flexibility index (Phi) is 5.09. The predicted octanol–water partition coefficient (Wildman–Crippen LogP) is 4.08. The maximum Gasteiger partial charge on any atom is 0.272 e. The molecular weight excluding hydrogens is 350 g/mol. The quantitative estimate of drug-likeness (QED) is 0.396. The molecule has 7 heteroatoms. The normalized spacial score (nSPS) is 12.2. The van der Waals surface area contributed by atoms with Gasteiger partial charge in [-0.2, -0.15) is 4.99 Å². The average Bonchev–Trinajstić information content (AvgIpc) is 2.96. The third-order valence-electron chi connectivity index (χ3n) is 3.86. The van der Waals surface area contributed by atoms with E-state index >= 15 is 0 Å². The Morgan fingerprint density at radius 3 is 2.85 bits per heavy atom. The number of rotatable bonds is 4. The zero-order chi connectivity index (χ0) is 18.7. The molecule has 0 saturated carbocycles. The zero-order valence-corrected chi connectivity index (χ0v) is 15.2. The highest BCUT2D eigenvalue weighted by Gasteiger charge is 2.07. The molecule has 0 saturated heterocycles. The molecule has 0 spiro atoms. The van der Waals surface area contributed by atoms with Gasteiger partial charge in [0, 0.05) is 24.8 Å². The average molecular weight is 367 g/mol. The molecule has 3 rings (SSSR count). The maximum atomic E-state index is 12.2. The fraction of sp³-hybridized carbons (Fsp3) is 0.158. The number of non-ortho nitro benzene ring substituents is 1. The van der Waals surface area contributed by atoms with Gasteiger partial charge in [0.05, 0.1) is 15.1 Å². The number of thiazole rings is 1. The molecule has 1 amide bonds. The van der Waals surface area contributed by atoms with E-state index in [1.165, 1.54) is 35.6 Å². The molecule has 0 fully saturated rings. The summed E-state index contributed by atoms with van der Waals surface area (Å²) >= 11 is 1.47. The highest BCUT2D eigenvalue weighted by molar-refractivity contribution is 7.16. The van der Waals surface area contributed by atoms with Crippen molar-refractivity contribution in [3.8, 4) is 0 Å². The number of nitro benzene ring substituents is 1. The van der Waals surface area contributed by atoms with Crippen molar-refractivity contribution in [2.75, 3.05) is 0 Å². The monoisotopic (exact) mass is 367 g/mol. The van der Waals surface area contributed by atoms with Gasteiger partial charge in [-0.3, -0.25) is 14.9 Å². The van der Waals surface area contributed by atoms with E-state index in [-0.39, 0.29) is 5.69 Å². The molecule has 1 aromatic heterocycles. The van der Waals surface area contributed by atoms with Crippen LogP contribution in [0.1, 0.15) is 18.1 Å². The van der Waals surface area contributed by atoms with Crippen LogP contribution in [0.4, 0.5) is 5.69 Å². The van der Waals surface area contributed by atoms with Crippen molar-refractivity contribution in [2.45, 2.75) is 20.4 Å². The first-order valence-corrected chi connectivity index (χ1v) is 8.91. The molecule has 6 nitrogen and oxygen atoms in total. The second-order valence-electron chi connectivity index (χ2n) is 5.74. The zero-order valence-electron chi connectivity index (χ0n) is 14.4. The molecule has 0 bridgehead atoms. The van der Waals surface area contributed by atoms with Crippen molar-refractivity contribution in [3.63, 3.8) is 0 Å². The van der Waals surface area contributed by atoms with Gasteiger partial charge in [-0.1, -0.05) is 29.5 Å². The highest BCUT2D eigenvalue weighted by Crippen LogP contribution is 2.19. The molecule has 2 aromatic carbocycles. The van der Waals surface area contributed by atoms with Crippen LogP contribution in [0, 0.1) is 17.0 Å². The molecular formula is C19H17N3O3S. The van der Waals surface area contributed by atoms with Crippen LogP contribution >= 0.6 is 11.3 Å². The first-order valence-electron chi connectivity index (χ1n) is 8.09. The minimum Gasteiger partial charge on any atom is -0.317 e. The van der Waals surface area contributed by atoms with Crippen LogP contribution in [0.5, 0.6) is 0 Å². The van der Waals surface area contributed by atoms with E-state index < -0.39 is 10.8 Å². The number of fused-ring (bicyclic) bond motifs is 1. The lowest BCUT2D eigenvalue weighted by molar-refractivity contribution is -0.384. The van der Waals surface area contributed by atoms with Crippen LogP contribution in [0.3, 0.4) is 0 Å². The largest absolute Gasteiger partial charge is 0.317 e. The molecule has 0 unspecified atom stereocenters. The van der Waals surface area contributed by atoms with Crippen molar-refractivity contribution in [2.24, 2.45) is 4.99 Å². The van der Waals surface area contributed by atoms with Crippen molar-refractivity contribution >= 4 is 39.2 Å². The van der Waals surface area contributed by atoms with Gasteiger partial charge >= 0.3 is 0 Å². The lowest BCUT2D eigenvalue weighted by atomic mass is 10.2. The van der Waals surface area contributed by atoms with Crippen LogP contribution in [-0.4, -0.2) is 15.4 Å². The number of aromatic nitrogens is 1. The topological polar surface area (TPSA) is 77.5 Å². The lowest BCUT2D eigenvalue weighted by Gasteiger charge is -1.99. The van der Waals surface area contributed by atoms with Crippen LogP contribution in [-0.2, 0) is 11.3 Å². The number of amides is 1. The fourth-order valence-electron chi connectivity index (χ4n) is 2.61. The summed E-state index contributed by atoms with van der Waals surface area (Å²) in [5.41, 5.74) is 2.78. The Labute approximate surface area is 153 Å². The lowest BCUT2D eigenvalue weighted by Crippen LogP contribution is -2.15. The standard InChI is InChI=1S/C19H17N3O3S/c1-3-21-16-9-7-13(2)11-17(16)26-19(21)20-18(23)10-8-14-5-4-6-15(12-14)22(24)25/h4-12H,3H2,1-2H3. The number of carbonyl (C=O) groups is 1. The number of aryl methyl sites for hydroxylation is 2. The Hall–Kier alpha value is -3.06. The number of hydrogen-bond acceptors (Lipinski definition) is 4. The molecule has 0 aliphatic rings. The van der Waals surface area contributed by atoms with E-state index in [9.17, 15) is 14.9 Å². The Balaban J connectivity index is 1.92. The molecule has 0 N–H and O–H groups in total. The summed E-state index contributed by atoms with van der Waals surface area (Å²) in [6.07, 6.45) is 2.86. The summed E-state index contributed by atoms with van der Waals surface area (Å²) in [5.74, 6) is -0.401. The summed E-state index contributed by atoms with van der Waals surface area (Å²) in [5, 5.41) is 10.8. The number of nitro groups is 1. The fourth-order valence-corrected chi connectivity index (χ4v) is 3.81. The van der Waals surface area contributed by atoms with Crippen LogP contribution in [0.2, 0.25) is 0 Å². The minimum atomic E-state index is -0.465. The van der Waals surface area contributed by atoms with Gasteiger partial charge in [0.15, 0.2) is 4.80 Å². The molecule has 132 valence electrons. The van der Waals surface area contributed by atoms with E-state index in [0.29, 0.717) is 16.9 Å². The SMILES string of the molecule is CCn1c(=NC(=O)C=Cc2cccc([N+](=O)[O-])c2)sc2cc(C)ccc21. The maximum absolute atomic E-state index is 12.2. The Morgan fingerprint density at radius 1 is 1.31 bits per heavy atom. The minimum absolute atomic E-state index is 0.0137. The summed E-state index contributed by atoms with van der Waals surface area (Å²) in [6.45, 7) is 4.75. The smallest absolute Gasteiger partial charge is 0.272 e. The molecule has 26 heavy (non-hydrogen) atoms. The van der Waals surface area contributed by atoms with E-state index in [1.54, 1.807) is 12.1 Å². The molecule has 0 radical (unpaired) electrons. The Bertz CT molecular complexity index is 1090. The molecule has 0 atom stereocenters. The highest BCUT2D eigenvalue weighted by atomic mass is 32.1. The third-order valence-corrected chi connectivity index (χ3v) is 4.90. The van der Waals surface area contributed by atoms with Gasteiger partial charge < -0.3 is 4.57 Å². The van der Waals surface area contributed by atoms with Crippen LogP contribution < -0.4 is 4.80 Å². The summed E-state index contributed by atoms with van der Waals surface area (Å²) in [7, 11) is 0. The van der Waals surface area contributed by atoms with Crippen LogP contribution in [0.15, 0.2) is 53.5 Å². The molecule has 0 aliphatic carbocycles. The van der Waals surface area contributed by atoms with E-state index in [0.717, 1.165) is 15.8 Å². The second kappa shape index (κ2) is 7.45. The van der Waals surface area contributed by atoms with Gasteiger partial charge in [0.1, 0.15) is 0 Å². The van der Waals surface area contributed by atoms with Crippen molar-refractivity contribution < 1.29 is 9.72 Å². The molecule has 3 aromatic rings. The summed E-state index contributed by atoms with van der Waals surface area (Å²) in [4.78, 5) is 27.4. The predicted molar refractivity (Wildman–Crippen MR) is 103 cm³/mol. The first kappa shape index (κ1) is 17.8. The number of benzene rings is 2. The summed E-state index contributed by atoms with van der Waals surface area (Å²) in [6, 6.07) is 12.3. The van der Waals surface area contributed by atoms with Gasteiger partial charge in [-0.05, 0) is 43.2 Å². The van der Waals surface area contributed by atoms with Crippen LogP contribution in [0.25, 0.3) is 16.3 Å². The van der Waals surface area contributed by atoms with Crippen molar-refractivity contribution in [3.05, 3.63) is 74.6 Å². The van der Waals surface area contributed by atoms with Gasteiger partial charge in [-0.25, -0.2) is 0 Å². The number of nitrogens with zero attached hydrogens (tertiary/aromatic N) is 3. The number of hydrogen-bond donors (Lipinski definition) is 0. The molecule has 1 heterocycles. The van der Waals surface area contributed by atoms with Gasteiger partial charge in [0.25, 0.3) is 11.6 Å². The molecule has 0 aliphatic heterocycles. The Morgan fingerprint density at radius 2 is 2.12 bits per heavy atom. The van der Waals surface area contributed by atoms with Gasteiger partial charge in [0.2, 0.25) is 0 Å². The summed E-state index contributed by atoms with van der Waals surface area (Å²) < 4.78 is 3.08. The van der Waals surface area contributed by atoms with E-state index in [2.05, 4.69) is 11.1 Å². The van der Waals surface area contributed by atoms with Crippen molar-refractivity contribution in [1.29, 1.82) is 0 Å². The number of carbonyl (C=O) groups excluding carboxylic acids is 1. The third kappa shape index (κ3) is 3.78. The second-order valence-corrected chi connectivity index (χ2v) is 6.74. The van der Waals surface area contributed by atoms with Gasteiger partial charge in [-0.15, -0.1) is 0 Å². The van der Waals surface area contributed by atoms with E-state index in [1.807, 2.05) is 30.5 Å². The first-order chi connectivity index (χ1) is 12.5. The van der Waals surface area contributed by atoms with E-state index in [4.69, 9.17) is 0 Å². The van der Waals surface area contributed by atoms with Crippen molar-refractivity contribution in [1.82, 2.24) is 4.57 Å².